The fraction of sp³-hybridized carbons (Fsp3) is 0.0476. The molecule has 0 saturated heterocycles. The molecule has 7 nitrogen and oxygen atoms in total. The van der Waals surface area contributed by atoms with Gasteiger partial charge >= 0.3 is 0 Å². The van der Waals surface area contributed by atoms with Gasteiger partial charge in [-0.15, -0.1) is 0 Å². The number of rotatable bonds is 7. The van der Waals surface area contributed by atoms with Crippen molar-refractivity contribution < 1.29 is 14.3 Å². The van der Waals surface area contributed by atoms with Crippen molar-refractivity contribution in [1.29, 1.82) is 0 Å². The lowest BCUT2D eigenvalue weighted by Crippen LogP contribution is -2.20. The Morgan fingerprint density at radius 1 is 1.07 bits per heavy atom. The van der Waals surface area contributed by atoms with Gasteiger partial charge in [0.05, 0.1) is 6.21 Å². The van der Waals surface area contributed by atoms with E-state index in [0.717, 1.165) is 5.56 Å². The van der Waals surface area contributed by atoms with Crippen LogP contribution >= 0.6 is 11.6 Å². The van der Waals surface area contributed by atoms with Crippen molar-refractivity contribution in [2.24, 2.45) is 5.10 Å². The number of anilines is 1. The van der Waals surface area contributed by atoms with Crippen molar-refractivity contribution in [3.8, 4) is 5.75 Å². The van der Waals surface area contributed by atoms with Gasteiger partial charge in [0, 0.05) is 28.7 Å². The lowest BCUT2D eigenvalue weighted by atomic mass is 10.2. The molecule has 0 radical (unpaired) electrons. The first-order valence-electron chi connectivity index (χ1n) is 8.62. The zero-order chi connectivity index (χ0) is 20.5. The molecule has 2 aromatic carbocycles. The molecule has 2 amide bonds. The molecule has 29 heavy (non-hydrogen) atoms. The average molecular weight is 409 g/mol. The number of benzene rings is 2. The van der Waals surface area contributed by atoms with E-state index in [1.165, 1.54) is 18.6 Å². The number of hydrogen-bond donors (Lipinski definition) is 2. The standard InChI is InChI=1S/C21H17ClN4O3/c22-17-2-1-3-18(12-17)25-20(27)14-29-19-6-4-15(5-7-19)13-24-26-21(28)16-8-10-23-11-9-16/h1-13H,14H2,(H,25,27)(H,26,28)/b24-13-. The van der Waals surface area contributed by atoms with Crippen LogP contribution in [0.1, 0.15) is 15.9 Å². The summed E-state index contributed by atoms with van der Waals surface area (Å²) in [7, 11) is 0. The first-order chi connectivity index (χ1) is 14.1. The molecule has 1 heterocycles. The number of aromatic nitrogens is 1. The van der Waals surface area contributed by atoms with Crippen LogP contribution in [0.5, 0.6) is 5.75 Å². The maximum absolute atomic E-state index is 11.9. The van der Waals surface area contributed by atoms with Crippen molar-refractivity contribution in [1.82, 2.24) is 10.4 Å². The van der Waals surface area contributed by atoms with Crippen molar-refractivity contribution in [3.63, 3.8) is 0 Å². The Balaban J connectivity index is 1.46. The van der Waals surface area contributed by atoms with Crippen molar-refractivity contribution in [2.45, 2.75) is 0 Å². The van der Waals surface area contributed by atoms with Crippen molar-refractivity contribution in [2.75, 3.05) is 11.9 Å². The zero-order valence-corrected chi connectivity index (χ0v) is 16.0. The van der Waals surface area contributed by atoms with E-state index in [4.69, 9.17) is 16.3 Å². The zero-order valence-electron chi connectivity index (χ0n) is 15.2. The van der Waals surface area contributed by atoms with Gasteiger partial charge in [0.1, 0.15) is 5.75 Å². The Labute approximate surface area is 172 Å². The van der Waals surface area contributed by atoms with Gasteiger partial charge in [0.15, 0.2) is 6.61 Å². The minimum Gasteiger partial charge on any atom is -0.484 e. The topological polar surface area (TPSA) is 92.7 Å². The minimum absolute atomic E-state index is 0.137. The van der Waals surface area contributed by atoms with E-state index in [0.29, 0.717) is 22.0 Å². The lowest BCUT2D eigenvalue weighted by Gasteiger charge is -2.08. The van der Waals surface area contributed by atoms with Gasteiger partial charge in [-0.25, -0.2) is 5.43 Å². The molecule has 3 aromatic rings. The third-order valence-corrected chi connectivity index (χ3v) is 3.92. The molecule has 0 saturated carbocycles. The van der Waals surface area contributed by atoms with Crippen LogP contribution in [0.25, 0.3) is 0 Å². The number of pyridine rings is 1. The van der Waals surface area contributed by atoms with Crippen molar-refractivity contribution in [3.05, 3.63) is 89.2 Å². The average Bonchev–Trinajstić information content (AvgIpc) is 2.74. The number of carbonyl (C=O) groups excluding carboxylic acids is 2. The molecule has 8 heteroatoms. The molecule has 146 valence electrons. The fourth-order valence-corrected chi connectivity index (χ4v) is 2.49. The largest absolute Gasteiger partial charge is 0.484 e. The van der Waals surface area contributed by atoms with Gasteiger partial charge in [0.25, 0.3) is 11.8 Å². The monoisotopic (exact) mass is 408 g/mol. The maximum Gasteiger partial charge on any atom is 0.271 e. The summed E-state index contributed by atoms with van der Waals surface area (Å²) < 4.78 is 5.46. The van der Waals surface area contributed by atoms with E-state index >= 15 is 0 Å². The molecule has 1 aromatic heterocycles. The quantitative estimate of drug-likeness (QED) is 0.462. The second-order valence-electron chi connectivity index (χ2n) is 5.85. The SMILES string of the molecule is O=C(COc1ccc(/C=N\NC(=O)c2ccncc2)cc1)Nc1cccc(Cl)c1. The maximum atomic E-state index is 11.9. The highest BCUT2D eigenvalue weighted by molar-refractivity contribution is 6.30. The number of hydrazone groups is 1. The van der Waals surface area contributed by atoms with Crippen LogP contribution in [0.2, 0.25) is 5.02 Å². The summed E-state index contributed by atoms with van der Waals surface area (Å²) in [6, 6.07) is 17.0. The molecule has 0 aliphatic carbocycles. The van der Waals surface area contributed by atoms with E-state index in [1.54, 1.807) is 60.7 Å². The number of nitrogens with zero attached hydrogens (tertiary/aromatic N) is 2. The number of ether oxygens (including phenoxy) is 1. The van der Waals surface area contributed by atoms with E-state index < -0.39 is 0 Å². The van der Waals surface area contributed by atoms with E-state index in [2.05, 4.69) is 20.8 Å². The van der Waals surface area contributed by atoms with Gasteiger partial charge in [0.2, 0.25) is 0 Å². The summed E-state index contributed by atoms with van der Waals surface area (Å²) in [6.45, 7) is -0.137. The summed E-state index contributed by atoms with van der Waals surface area (Å²) in [5, 5.41) is 7.16. The van der Waals surface area contributed by atoms with Crippen LogP contribution in [0, 0.1) is 0 Å². The summed E-state index contributed by atoms with van der Waals surface area (Å²) in [6.07, 6.45) is 4.58. The second kappa shape index (κ2) is 10.0. The number of halogens is 1. The lowest BCUT2D eigenvalue weighted by molar-refractivity contribution is -0.118. The van der Waals surface area contributed by atoms with E-state index in [-0.39, 0.29) is 18.4 Å². The molecular weight excluding hydrogens is 392 g/mol. The smallest absolute Gasteiger partial charge is 0.271 e. The number of amides is 2. The Kier molecular flexibility index (Phi) is 6.91. The Morgan fingerprint density at radius 2 is 1.83 bits per heavy atom. The predicted molar refractivity (Wildman–Crippen MR) is 111 cm³/mol. The van der Waals surface area contributed by atoms with Gasteiger partial charge < -0.3 is 10.1 Å². The highest BCUT2D eigenvalue weighted by Crippen LogP contribution is 2.15. The van der Waals surface area contributed by atoms with Crippen LogP contribution in [0.3, 0.4) is 0 Å². The first kappa shape index (κ1) is 20.0. The van der Waals surface area contributed by atoms with Gasteiger partial charge in [-0.2, -0.15) is 5.10 Å². The summed E-state index contributed by atoms with van der Waals surface area (Å²) in [5.74, 6) is -0.0877. The van der Waals surface area contributed by atoms with E-state index in [9.17, 15) is 9.59 Å². The summed E-state index contributed by atoms with van der Waals surface area (Å²) >= 11 is 5.88. The molecule has 3 rings (SSSR count). The van der Waals surface area contributed by atoms with Crippen LogP contribution in [-0.4, -0.2) is 29.6 Å². The van der Waals surface area contributed by atoms with Crippen LogP contribution < -0.4 is 15.5 Å². The molecular formula is C21H17ClN4O3. The molecule has 0 aliphatic heterocycles. The molecule has 0 unspecified atom stereocenters. The molecule has 2 N–H and O–H groups in total. The van der Waals surface area contributed by atoms with Crippen molar-refractivity contribution >= 4 is 35.3 Å². The Bertz CT molecular complexity index is 1010. The highest BCUT2D eigenvalue weighted by atomic mass is 35.5. The Morgan fingerprint density at radius 3 is 2.55 bits per heavy atom. The molecule has 0 atom stereocenters. The highest BCUT2D eigenvalue weighted by Gasteiger charge is 2.05. The third-order valence-electron chi connectivity index (χ3n) is 3.68. The minimum atomic E-state index is -0.325. The van der Waals surface area contributed by atoms with E-state index in [1.807, 2.05) is 0 Å². The van der Waals surface area contributed by atoms with Crippen LogP contribution in [-0.2, 0) is 4.79 Å². The van der Waals surface area contributed by atoms with Gasteiger partial charge in [-0.3, -0.25) is 14.6 Å². The second-order valence-corrected chi connectivity index (χ2v) is 6.29. The molecule has 0 spiro atoms. The number of nitrogens with one attached hydrogen (secondary N) is 2. The normalized spacial score (nSPS) is 10.5. The summed E-state index contributed by atoms with van der Waals surface area (Å²) in [4.78, 5) is 27.7. The van der Waals surface area contributed by atoms with Gasteiger partial charge in [-0.05, 0) is 60.2 Å². The Hall–Kier alpha value is -3.71. The third kappa shape index (κ3) is 6.44. The predicted octanol–water partition coefficient (Wildman–Crippen LogP) is 3.52. The van der Waals surface area contributed by atoms with Crippen LogP contribution in [0.4, 0.5) is 5.69 Å². The van der Waals surface area contributed by atoms with Crippen LogP contribution in [0.15, 0.2) is 78.2 Å². The first-order valence-corrected chi connectivity index (χ1v) is 9.00. The fourth-order valence-electron chi connectivity index (χ4n) is 2.30. The summed E-state index contributed by atoms with van der Waals surface area (Å²) in [5.41, 5.74) is 4.27. The number of hydrogen-bond acceptors (Lipinski definition) is 5. The molecule has 0 bridgehead atoms. The molecule has 0 aliphatic rings. The molecule has 0 fully saturated rings. The number of carbonyl (C=O) groups is 2. The van der Waals surface area contributed by atoms with Gasteiger partial charge in [-0.1, -0.05) is 17.7 Å².